The van der Waals surface area contributed by atoms with Gasteiger partial charge in [0.2, 0.25) is 0 Å². The molecule has 4 rings (SSSR count). The molecule has 2 amide bonds. The second-order valence-electron chi connectivity index (χ2n) is 6.96. The number of anilines is 1. The third-order valence-electron chi connectivity index (χ3n) is 5.04. The van der Waals surface area contributed by atoms with Crippen LogP contribution in [0, 0.1) is 0 Å². The topological polar surface area (TPSA) is 57.3 Å². The highest BCUT2D eigenvalue weighted by atomic mass is 16.2. The molecule has 1 atom stereocenters. The summed E-state index contributed by atoms with van der Waals surface area (Å²) in [6, 6.07) is 18.7. The van der Waals surface area contributed by atoms with E-state index in [2.05, 4.69) is 52.9 Å². The van der Waals surface area contributed by atoms with Crippen LogP contribution in [0.3, 0.4) is 0 Å². The number of nitrogens with zero attached hydrogens (tertiary/aromatic N) is 2. The third kappa shape index (κ3) is 3.93. The predicted molar refractivity (Wildman–Crippen MR) is 109 cm³/mol. The molecule has 1 saturated heterocycles. The number of aromatic nitrogens is 1. The number of urea groups is 1. The van der Waals surface area contributed by atoms with Gasteiger partial charge in [0, 0.05) is 42.9 Å². The molecular weight excluding hydrogens is 336 g/mol. The minimum absolute atomic E-state index is 0.0110. The van der Waals surface area contributed by atoms with Crippen molar-refractivity contribution in [3.63, 3.8) is 0 Å². The summed E-state index contributed by atoms with van der Waals surface area (Å²) in [6.45, 7) is 4.41. The van der Waals surface area contributed by atoms with Crippen LogP contribution in [0.15, 0.2) is 60.8 Å². The van der Waals surface area contributed by atoms with Crippen LogP contribution in [0.4, 0.5) is 10.5 Å². The Labute approximate surface area is 159 Å². The summed E-state index contributed by atoms with van der Waals surface area (Å²) < 4.78 is 0. The van der Waals surface area contributed by atoms with Gasteiger partial charge in [0.05, 0.1) is 5.69 Å². The molecule has 5 nitrogen and oxygen atoms in total. The molecule has 3 aromatic rings. The van der Waals surface area contributed by atoms with E-state index >= 15 is 0 Å². The average molecular weight is 360 g/mol. The van der Waals surface area contributed by atoms with Crippen molar-refractivity contribution in [2.45, 2.75) is 25.9 Å². The molecular formula is C22H24N4O. The zero-order valence-corrected chi connectivity index (χ0v) is 15.5. The Hall–Kier alpha value is -2.92. The van der Waals surface area contributed by atoms with Crippen LogP contribution >= 0.6 is 0 Å². The Kier molecular flexibility index (Phi) is 5.03. The second kappa shape index (κ2) is 7.76. The van der Waals surface area contributed by atoms with E-state index < -0.39 is 0 Å². The van der Waals surface area contributed by atoms with Crippen LogP contribution in [0.5, 0.6) is 0 Å². The van der Waals surface area contributed by atoms with Crippen LogP contribution in [0.2, 0.25) is 0 Å². The van der Waals surface area contributed by atoms with Crippen molar-refractivity contribution in [2.24, 2.45) is 0 Å². The van der Waals surface area contributed by atoms with Crippen molar-refractivity contribution in [3.05, 3.63) is 72.1 Å². The number of benzene rings is 2. The monoisotopic (exact) mass is 360 g/mol. The first-order valence-electron chi connectivity index (χ1n) is 9.43. The number of hydrogen-bond acceptors (Lipinski definition) is 3. The van der Waals surface area contributed by atoms with Crippen molar-refractivity contribution in [1.82, 2.24) is 15.6 Å². The van der Waals surface area contributed by atoms with Gasteiger partial charge in [0.15, 0.2) is 0 Å². The zero-order valence-electron chi connectivity index (χ0n) is 15.5. The maximum absolute atomic E-state index is 11.9. The fraction of sp³-hybridized carbons (Fsp3) is 0.273. The summed E-state index contributed by atoms with van der Waals surface area (Å²) in [5, 5.41) is 8.78. The molecule has 1 aliphatic heterocycles. The Bertz CT molecular complexity index is 938. The molecule has 0 spiro atoms. The molecule has 1 fully saturated rings. The number of nitrogens with one attached hydrogen (secondary N) is 2. The van der Waals surface area contributed by atoms with E-state index in [4.69, 9.17) is 0 Å². The van der Waals surface area contributed by atoms with Gasteiger partial charge in [-0.25, -0.2) is 4.79 Å². The van der Waals surface area contributed by atoms with E-state index in [-0.39, 0.29) is 12.1 Å². The number of amides is 2. The number of carbonyl (C=O) groups excluding carboxylic acids is 1. The van der Waals surface area contributed by atoms with Gasteiger partial charge >= 0.3 is 6.03 Å². The normalized spacial score (nSPS) is 15.6. The van der Waals surface area contributed by atoms with E-state index in [9.17, 15) is 4.79 Å². The summed E-state index contributed by atoms with van der Waals surface area (Å²) in [7, 11) is 0. The maximum atomic E-state index is 11.9. The van der Waals surface area contributed by atoms with Crippen LogP contribution < -0.4 is 15.5 Å². The van der Waals surface area contributed by atoms with Crippen molar-refractivity contribution < 1.29 is 4.79 Å². The van der Waals surface area contributed by atoms with Gasteiger partial charge < -0.3 is 10.6 Å². The molecule has 138 valence electrons. The maximum Gasteiger partial charge on any atom is 0.321 e. The predicted octanol–water partition coefficient (Wildman–Crippen LogP) is 4.01. The Morgan fingerprint density at radius 2 is 1.93 bits per heavy atom. The van der Waals surface area contributed by atoms with Gasteiger partial charge in [0.1, 0.15) is 0 Å². The number of rotatable bonds is 5. The lowest BCUT2D eigenvalue weighted by Gasteiger charge is -2.27. The molecule has 0 aliphatic carbocycles. The lowest BCUT2D eigenvalue weighted by molar-refractivity contribution is 0.243. The highest BCUT2D eigenvalue weighted by Gasteiger charge is 2.18. The van der Waals surface area contributed by atoms with Crippen LogP contribution in [-0.4, -0.2) is 24.1 Å². The van der Waals surface area contributed by atoms with E-state index in [1.54, 1.807) is 4.90 Å². The quantitative estimate of drug-likeness (QED) is 0.723. The number of fused-ring (bicyclic) bond motifs is 1. The molecule has 1 aliphatic rings. The van der Waals surface area contributed by atoms with E-state index in [0.29, 0.717) is 0 Å². The Morgan fingerprint density at radius 1 is 1.15 bits per heavy atom. The average Bonchev–Trinajstić information content (AvgIpc) is 2.72. The molecule has 1 aromatic heterocycles. The minimum Gasteiger partial charge on any atom is -0.338 e. The minimum atomic E-state index is -0.0110. The van der Waals surface area contributed by atoms with Gasteiger partial charge in [-0.05, 0) is 42.5 Å². The van der Waals surface area contributed by atoms with Gasteiger partial charge in [-0.3, -0.25) is 9.88 Å². The van der Waals surface area contributed by atoms with Gasteiger partial charge in [-0.1, -0.05) is 36.4 Å². The molecule has 0 radical (unpaired) electrons. The SMILES string of the molecule is CC(NCc1ccc(N2CCCNC2=O)cc1)c1cc2ccccc2cn1. The first kappa shape index (κ1) is 17.5. The summed E-state index contributed by atoms with van der Waals surface area (Å²) in [5.41, 5.74) is 3.17. The molecule has 0 saturated carbocycles. The van der Waals surface area contributed by atoms with Crippen LogP contribution in [0.1, 0.15) is 30.6 Å². The first-order valence-corrected chi connectivity index (χ1v) is 9.43. The van der Waals surface area contributed by atoms with E-state index in [1.165, 1.54) is 10.9 Å². The molecule has 2 N–H and O–H groups in total. The van der Waals surface area contributed by atoms with Crippen molar-refractivity contribution >= 4 is 22.5 Å². The summed E-state index contributed by atoms with van der Waals surface area (Å²) in [6.07, 6.45) is 2.91. The van der Waals surface area contributed by atoms with Crippen molar-refractivity contribution in [1.29, 1.82) is 0 Å². The summed E-state index contributed by atoms with van der Waals surface area (Å²) in [5.74, 6) is 0. The Morgan fingerprint density at radius 3 is 2.70 bits per heavy atom. The molecule has 27 heavy (non-hydrogen) atoms. The zero-order chi connectivity index (χ0) is 18.6. The fourth-order valence-corrected chi connectivity index (χ4v) is 3.38. The van der Waals surface area contributed by atoms with E-state index in [0.717, 1.165) is 42.8 Å². The number of hydrogen-bond donors (Lipinski definition) is 2. The smallest absolute Gasteiger partial charge is 0.321 e. The fourth-order valence-electron chi connectivity index (χ4n) is 3.38. The lowest BCUT2D eigenvalue weighted by Crippen LogP contribution is -2.46. The van der Waals surface area contributed by atoms with Crippen molar-refractivity contribution in [2.75, 3.05) is 18.0 Å². The molecule has 2 aromatic carbocycles. The summed E-state index contributed by atoms with van der Waals surface area (Å²) in [4.78, 5) is 18.3. The first-order chi connectivity index (χ1) is 13.2. The van der Waals surface area contributed by atoms with Crippen molar-refractivity contribution in [3.8, 4) is 0 Å². The standard InChI is InChI=1S/C22H24N4O/c1-16(21-13-18-5-2-3-6-19(18)15-25-21)24-14-17-7-9-20(10-8-17)26-12-4-11-23-22(26)27/h2-3,5-10,13,15-16,24H,4,11-12,14H2,1H3,(H,23,27). The van der Waals surface area contributed by atoms with Gasteiger partial charge in [-0.2, -0.15) is 0 Å². The number of carbonyl (C=O) groups is 1. The van der Waals surface area contributed by atoms with Crippen LogP contribution in [-0.2, 0) is 6.54 Å². The number of pyridine rings is 1. The highest BCUT2D eigenvalue weighted by molar-refractivity contribution is 5.92. The third-order valence-corrected chi connectivity index (χ3v) is 5.04. The highest BCUT2D eigenvalue weighted by Crippen LogP contribution is 2.20. The molecule has 0 bridgehead atoms. The lowest BCUT2D eigenvalue weighted by atomic mass is 10.1. The molecule has 2 heterocycles. The molecule has 5 heteroatoms. The van der Waals surface area contributed by atoms with Gasteiger partial charge in [0.25, 0.3) is 0 Å². The van der Waals surface area contributed by atoms with Crippen LogP contribution in [0.25, 0.3) is 10.8 Å². The Balaban J connectivity index is 1.39. The van der Waals surface area contributed by atoms with E-state index in [1.807, 2.05) is 30.5 Å². The molecule has 1 unspecified atom stereocenters. The van der Waals surface area contributed by atoms with Gasteiger partial charge in [-0.15, -0.1) is 0 Å². The largest absolute Gasteiger partial charge is 0.338 e. The summed E-state index contributed by atoms with van der Waals surface area (Å²) >= 11 is 0. The second-order valence-corrected chi connectivity index (χ2v) is 6.96.